The average Bonchev–Trinajstić information content (AvgIpc) is 2.34. The molecule has 0 saturated heterocycles. The van der Waals surface area contributed by atoms with Crippen molar-refractivity contribution in [1.82, 2.24) is 5.32 Å². The highest BCUT2D eigenvalue weighted by Gasteiger charge is 2.00. The van der Waals surface area contributed by atoms with Crippen LogP contribution in [0.3, 0.4) is 0 Å². The summed E-state index contributed by atoms with van der Waals surface area (Å²) in [5.74, 6) is 0. The Hall–Kier alpha value is -0.160. The Labute approximate surface area is 106 Å². The first-order valence-corrected chi connectivity index (χ1v) is 6.79. The van der Waals surface area contributed by atoms with Gasteiger partial charge in [-0.3, -0.25) is 0 Å². The lowest BCUT2D eigenvalue weighted by atomic mass is 10.3. The van der Waals surface area contributed by atoms with Gasteiger partial charge in [-0.25, -0.2) is 0 Å². The Kier molecular flexibility index (Phi) is 13.8. The predicted octanol–water partition coefficient (Wildman–Crippen LogP) is 1.83. The van der Waals surface area contributed by atoms with Gasteiger partial charge in [-0.15, -0.1) is 0 Å². The highest BCUT2D eigenvalue weighted by atomic mass is 16.5. The molecule has 0 heterocycles. The Morgan fingerprint density at radius 2 is 1.71 bits per heavy atom. The van der Waals surface area contributed by atoms with E-state index in [4.69, 9.17) is 14.2 Å². The quantitative estimate of drug-likeness (QED) is 0.504. The highest BCUT2D eigenvalue weighted by molar-refractivity contribution is 4.51. The Morgan fingerprint density at radius 3 is 2.41 bits per heavy atom. The van der Waals surface area contributed by atoms with E-state index in [9.17, 15) is 0 Å². The van der Waals surface area contributed by atoms with Crippen LogP contribution in [0.15, 0.2) is 0 Å². The Balaban J connectivity index is 3.02. The van der Waals surface area contributed by atoms with Gasteiger partial charge < -0.3 is 19.5 Å². The van der Waals surface area contributed by atoms with Crippen LogP contribution in [0.4, 0.5) is 0 Å². The maximum Gasteiger partial charge on any atom is 0.0781 e. The monoisotopic (exact) mass is 247 g/mol. The van der Waals surface area contributed by atoms with Gasteiger partial charge in [-0.2, -0.15) is 0 Å². The van der Waals surface area contributed by atoms with Crippen molar-refractivity contribution in [3.63, 3.8) is 0 Å². The maximum atomic E-state index is 5.58. The number of hydrogen-bond donors (Lipinski definition) is 1. The fourth-order valence-electron chi connectivity index (χ4n) is 1.39. The molecule has 0 aliphatic carbocycles. The molecular formula is C13H29NO3. The van der Waals surface area contributed by atoms with Gasteiger partial charge in [0.05, 0.1) is 19.3 Å². The van der Waals surface area contributed by atoms with E-state index >= 15 is 0 Å². The molecule has 0 amide bonds. The molecule has 0 saturated carbocycles. The lowest BCUT2D eigenvalue weighted by Gasteiger charge is -2.13. The number of hydrogen-bond acceptors (Lipinski definition) is 4. The van der Waals surface area contributed by atoms with E-state index in [1.807, 2.05) is 20.8 Å². The summed E-state index contributed by atoms with van der Waals surface area (Å²) < 4.78 is 16.1. The zero-order valence-corrected chi connectivity index (χ0v) is 11.7. The average molecular weight is 247 g/mol. The summed E-state index contributed by atoms with van der Waals surface area (Å²) in [5, 5.41) is 3.35. The summed E-state index contributed by atoms with van der Waals surface area (Å²) in [6, 6.07) is 0. The van der Waals surface area contributed by atoms with Crippen molar-refractivity contribution < 1.29 is 14.2 Å². The smallest absolute Gasteiger partial charge is 0.0781 e. The van der Waals surface area contributed by atoms with Gasteiger partial charge in [-0.05, 0) is 40.2 Å². The minimum atomic E-state index is 0.190. The lowest BCUT2D eigenvalue weighted by Crippen LogP contribution is -2.25. The van der Waals surface area contributed by atoms with E-state index in [1.165, 1.54) is 0 Å². The second-order valence-corrected chi connectivity index (χ2v) is 3.99. The zero-order valence-electron chi connectivity index (χ0n) is 11.7. The van der Waals surface area contributed by atoms with E-state index < -0.39 is 0 Å². The SMILES string of the molecule is CCOCCCCNCCOC(C)COCC. The third kappa shape index (κ3) is 13.8. The van der Waals surface area contributed by atoms with E-state index in [-0.39, 0.29) is 6.10 Å². The molecule has 1 unspecified atom stereocenters. The van der Waals surface area contributed by atoms with Gasteiger partial charge in [0.25, 0.3) is 0 Å². The van der Waals surface area contributed by atoms with E-state index in [0.717, 1.165) is 52.4 Å². The molecule has 0 aliphatic heterocycles. The van der Waals surface area contributed by atoms with Crippen molar-refractivity contribution in [1.29, 1.82) is 0 Å². The van der Waals surface area contributed by atoms with Crippen molar-refractivity contribution in [2.75, 3.05) is 46.1 Å². The first-order chi connectivity index (χ1) is 8.31. The predicted molar refractivity (Wildman–Crippen MR) is 70.5 cm³/mol. The van der Waals surface area contributed by atoms with Gasteiger partial charge in [0.1, 0.15) is 0 Å². The number of nitrogens with one attached hydrogen (secondary N) is 1. The van der Waals surface area contributed by atoms with Crippen LogP contribution in [0, 0.1) is 0 Å². The molecule has 4 heteroatoms. The zero-order chi connectivity index (χ0) is 12.8. The second-order valence-electron chi connectivity index (χ2n) is 3.99. The molecule has 0 bridgehead atoms. The second kappa shape index (κ2) is 13.9. The fraction of sp³-hybridized carbons (Fsp3) is 1.00. The first kappa shape index (κ1) is 16.8. The van der Waals surface area contributed by atoms with Crippen LogP contribution in [0.25, 0.3) is 0 Å². The molecule has 0 radical (unpaired) electrons. The summed E-state index contributed by atoms with van der Waals surface area (Å²) in [7, 11) is 0. The molecule has 17 heavy (non-hydrogen) atoms. The molecule has 0 aliphatic rings. The Morgan fingerprint density at radius 1 is 0.941 bits per heavy atom. The molecular weight excluding hydrogens is 218 g/mol. The molecule has 0 rings (SSSR count). The molecule has 104 valence electrons. The minimum Gasteiger partial charge on any atom is -0.382 e. The fourth-order valence-corrected chi connectivity index (χ4v) is 1.39. The molecule has 1 atom stereocenters. The normalized spacial score (nSPS) is 12.9. The molecule has 0 fully saturated rings. The standard InChI is InChI=1S/C13H29NO3/c1-4-15-10-7-6-8-14-9-11-17-13(3)12-16-5-2/h13-14H,4-12H2,1-3H3. The number of ether oxygens (including phenoxy) is 3. The topological polar surface area (TPSA) is 39.7 Å². The largest absolute Gasteiger partial charge is 0.382 e. The van der Waals surface area contributed by atoms with E-state index in [1.54, 1.807) is 0 Å². The van der Waals surface area contributed by atoms with Crippen LogP contribution >= 0.6 is 0 Å². The van der Waals surface area contributed by atoms with Crippen LogP contribution in [0.2, 0.25) is 0 Å². The van der Waals surface area contributed by atoms with Crippen molar-refractivity contribution in [2.45, 2.75) is 39.7 Å². The van der Waals surface area contributed by atoms with Gasteiger partial charge in [0, 0.05) is 26.4 Å². The Bertz CT molecular complexity index is 145. The summed E-state index contributed by atoms with van der Waals surface area (Å²) in [6.07, 6.45) is 2.48. The highest BCUT2D eigenvalue weighted by Crippen LogP contribution is 1.91. The number of unbranched alkanes of at least 4 members (excludes halogenated alkanes) is 1. The summed E-state index contributed by atoms with van der Waals surface area (Å²) in [5.41, 5.74) is 0. The molecule has 0 aromatic carbocycles. The van der Waals surface area contributed by atoms with Crippen LogP contribution in [0.1, 0.15) is 33.6 Å². The van der Waals surface area contributed by atoms with Crippen molar-refractivity contribution in [3.8, 4) is 0 Å². The van der Waals surface area contributed by atoms with Gasteiger partial charge in [0.2, 0.25) is 0 Å². The van der Waals surface area contributed by atoms with Gasteiger partial charge in [0.15, 0.2) is 0 Å². The van der Waals surface area contributed by atoms with Crippen molar-refractivity contribution in [2.24, 2.45) is 0 Å². The van der Waals surface area contributed by atoms with Gasteiger partial charge in [-0.1, -0.05) is 0 Å². The van der Waals surface area contributed by atoms with Crippen molar-refractivity contribution in [3.05, 3.63) is 0 Å². The van der Waals surface area contributed by atoms with Crippen molar-refractivity contribution >= 4 is 0 Å². The minimum absolute atomic E-state index is 0.190. The molecule has 4 nitrogen and oxygen atoms in total. The van der Waals surface area contributed by atoms with E-state index in [0.29, 0.717) is 6.61 Å². The van der Waals surface area contributed by atoms with Crippen LogP contribution in [0.5, 0.6) is 0 Å². The molecule has 1 N–H and O–H groups in total. The summed E-state index contributed by atoms with van der Waals surface area (Å²) in [4.78, 5) is 0. The summed E-state index contributed by atoms with van der Waals surface area (Å²) in [6.45, 7) is 11.9. The van der Waals surface area contributed by atoms with Crippen LogP contribution in [-0.4, -0.2) is 52.2 Å². The third-order valence-corrected chi connectivity index (χ3v) is 2.33. The van der Waals surface area contributed by atoms with E-state index in [2.05, 4.69) is 5.32 Å². The summed E-state index contributed by atoms with van der Waals surface area (Å²) >= 11 is 0. The van der Waals surface area contributed by atoms with Crippen LogP contribution in [-0.2, 0) is 14.2 Å². The maximum absolute atomic E-state index is 5.58. The first-order valence-electron chi connectivity index (χ1n) is 6.79. The lowest BCUT2D eigenvalue weighted by molar-refractivity contribution is -0.00188. The van der Waals surface area contributed by atoms with Gasteiger partial charge >= 0.3 is 0 Å². The third-order valence-electron chi connectivity index (χ3n) is 2.33. The molecule has 0 aromatic rings. The molecule has 0 spiro atoms. The molecule has 0 aromatic heterocycles. The number of rotatable bonds is 13. The van der Waals surface area contributed by atoms with Crippen LogP contribution < -0.4 is 5.32 Å².